The lowest BCUT2D eigenvalue weighted by molar-refractivity contribution is -0.356. The van der Waals surface area contributed by atoms with Gasteiger partial charge < -0.3 is 4.74 Å². The van der Waals surface area contributed by atoms with Crippen molar-refractivity contribution in [3.05, 3.63) is 29.8 Å². The average molecular weight is 284 g/mol. The summed E-state index contributed by atoms with van der Waals surface area (Å²) >= 11 is 0. The van der Waals surface area contributed by atoms with Crippen molar-refractivity contribution in [2.45, 2.75) is 24.4 Å². The summed E-state index contributed by atoms with van der Waals surface area (Å²) < 4.78 is 80.7. The Balaban J connectivity index is 2.60. The highest BCUT2D eigenvalue weighted by Crippen LogP contribution is 2.51. The first-order valence-electron chi connectivity index (χ1n) is 5.03. The van der Waals surface area contributed by atoms with Gasteiger partial charge in [-0.1, -0.05) is 12.1 Å². The first-order chi connectivity index (χ1) is 8.58. The van der Waals surface area contributed by atoms with Crippen LogP contribution in [0.2, 0.25) is 0 Å². The van der Waals surface area contributed by atoms with E-state index in [1.165, 1.54) is 12.1 Å². The molecule has 0 saturated heterocycles. The molecule has 0 aliphatic carbocycles. The Bertz CT molecular complexity index is 503. The van der Waals surface area contributed by atoms with E-state index in [1.807, 2.05) is 0 Å². The SMILES string of the molecule is O=C1CC(C(F)(F)F)(C(F)(F)F)Oc2ccccc21. The fraction of sp³-hybridized carbons (Fsp3) is 0.364. The van der Waals surface area contributed by atoms with Gasteiger partial charge in [0.15, 0.2) is 5.78 Å². The van der Waals surface area contributed by atoms with Crippen molar-refractivity contribution < 1.29 is 35.9 Å². The third kappa shape index (κ3) is 1.95. The molecule has 1 aromatic carbocycles. The van der Waals surface area contributed by atoms with Crippen LogP contribution >= 0.6 is 0 Å². The molecule has 0 N–H and O–H groups in total. The van der Waals surface area contributed by atoms with E-state index in [2.05, 4.69) is 4.74 Å². The van der Waals surface area contributed by atoms with Gasteiger partial charge >= 0.3 is 18.0 Å². The number of ketones is 1. The fourth-order valence-corrected chi connectivity index (χ4v) is 1.81. The molecule has 104 valence electrons. The minimum Gasteiger partial charge on any atom is -0.467 e. The molecule has 1 heterocycles. The largest absolute Gasteiger partial charge is 0.467 e. The van der Waals surface area contributed by atoms with E-state index in [1.54, 1.807) is 0 Å². The number of hydrogen-bond acceptors (Lipinski definition) is 2. The van der Waals surface area contributed by atoms with Crippen LogP contribution in [0.5, 0.6) is 5.75 Å². The number of carbonyl (C=O) groups excluding carboxylic acids is 1. The molecule has 0 atom stereocenters. The van der Waals surface area contributed by atoms with Gasteiger partial charge in [-0.05, 0) is 12.1 Å². The molecule has 0 unspecified atom stereocenters. The van der Waals surface area contributed by atoms with E-state index in [4.69, 9.17) is 0 Å². The van der Waals surface area contributed by atoms with Crippen LogP contribution in [0.1, 0.15) is 16.8 Å². The van der Waals surface area contributed by atoms with Gasteiger partial charge in [0.2, 0.25) is 0 Å². The third-order valence-corrected chi connectivity index (χ3v) is 2.80. The van der Waals surface area contributed by atoms with Crippen molar-refractivity contribution in [2.75, 3.05) is 0 Å². The van der Waals surface area contributed by atoms with Gasteiger partial charge in [-0.2, -0.15) is 26.3 Å². The van der Waals surface area contributed by atoms with Gasteiger partial charge in [-0.15, -0.1) is 0 Å². The Kier molecular flexibility index (Phi) is 2.80. The molecule has 1 aliphatic heterocycles. The number of Topliss-reactive ketones (excluding diaryl/α,β-unsaturated/α-hetero) is 1. The van der Waals surface area contributed by atoms with E-state index in [-0.39, 0.29) is 5.56 Å². The maximum absolute atomic E-state index is 12.8. The lowest BCUT2D eigenvalue weighted by atomic mass is 9.88. The van der Waals surface area contributed by atoms with Crippen LogP contribution in [0.4, 0.5) is 26.3 Å². The number of ether oxygens (including phenoxy) is 1. The van der Waals surface area contributed by atoms with Crippen LogP contribution in [0.25, 0.3) is 0 Å². The molecule has 2 nitrogen and oxygen atoms in total. The van der Waals surface area contributed by atoms with Crippen LogP contribution in [-0.4, -0.2) is 23.7 Å². The lowest BCUT2D eigenvalue weighted by Crippen LogP contribution is -2.63. The summed E-state index contributed by atoms with van der Waals surface area (Å²) in [7, 11) is 0. The monoisotopic (exact) mass is 284 g/mol. The highest BCUT2D eigenvalue weighted by molar-refractivity contribution is 6.00. The van der Waals surface area contributed by atoms with Gasteiger partial charge in [-0.25, -0.2) is 0 Å². The van der Waals surface area contributed by atoms with Crippen LogP contribution in [0, 0.1) is 0 Å². The highest BCUT2D eigenvalue weighted by atomic mass is 19.4. The number of benzene rings is 1. The lowest BCUT2D eigenvalue weighted by Gasteiger charge is -2.39. The third-order valence-electron chi connectivity index (χ3n) is 2.80. The predicted octanol–water partition coefficient (Wildman–Crippen LogP) is 3.52. The van der Waals surface area contributed by atoms with Crippen LogP contribution in [0.3, 0.4) is 0 Å². The van der Waals surface area contributed by atoms with Gasteiger partial charge in [0, 0.05) is 0 Å². The van der Waals surface area contributed by atoms with E-state index in [0.717, 1.165) is 12.1 Å². The topological polar surface area (TPSA) is 26.3 Å². The fourth-order valence-electron chi connectivity index (χ4n) is 1.81. The molecule has 2 rings (SSSR count). The number of halogens is 6. The van der Waals surface area contributed by atoms with Gasteiger partial charge in [-0.3, -0.25) is 4.79 Å². The molecule has 0 amide bonds. The van der Waals surface area contributed by atoms with Crippen molar-refractivity contribution in [1.29, 1.82) is 0 Å². The highest BCUT2D eigenvalue weighted by Gasteiger charge is 2.75. The van der Waals surface area contributed by atoms with Crippen molar-refractivity contribution >= 4 is 5.78 Å². The first kappa shape index (κ1) is 13.7. The maximum atomic E-state index is 12.8. The van der Waals surface area contributed by atoms with Gasteiger partial charge in [0.25, 0.3) is 0 Å². The summed E-state index contributed by atoms with van der Waals surface area (Å²) in [6, 6.07) is 4.54. The Morgan fingerprint density at radius 3 is 2.05 bits per heavy atom. The van der Waals surface area contributed by atoms with Crippen molar-refractivity contribution in [2.24, 2.45) is 0 Å². The molecule has 19 heavy (non-hydrogen) atoms. The second-order valence-corrected chi connectivity index (χ2v) is 4.02. The number of fused-ring (bicyclic) bond motifs is 1. The summed E-state index contributed by atoms with van der Waals surface area (Å²) in [6.45, 7) is 0. The average Bonchev–Trinajstić information content (AvgIpc) is 2.26. The normalized spacial score (nSPS) is 18.7. The standard InChI is InChI=1S/C11H6F6O2/c12-10(13,14)9(11(15,16)17)5-7(18)6-3-1-2-4-8(6)19-9/h1-4H,5H2. The summed E-state index contributed by atoms with van der Waals surface area (Å²) in [4.78, 5) is 11.5. The number of carbonyl (C=O) groups is 1. The van der Waals surface area contributed by atoms with E-state index in [9.17, 15) is 31.1 Å². The predicted molar refractivity (Wildman–Crippen MR) is 50.9 cm³/mol. The molecule has 0 saturated carbocycles. The summed E-state index contributed by atoms with van der Waals surface area (Å²) in [5, 5.41) is 0. The van der Waals surface area contributed by atoms with Gasteiger partial charge in [0.05, 0.1) is 12.0 Å². The zero-order valence-corrected chi connectivity index (χ0v) is 9.10. The molecule has 0 aromatic heterocycles. The minimum absolute atomic E-state index is 0.286. The Labute approximate surface area is 103 Å². The number of rotatable bonds is 0. The smallest absolute Gasteiger partial charge is 0.437 e. The molecular weight excluding hydrogens is 278 g/mol. The van der Waals surface area contributed by atoms with Gasteiger partial charge in [0.1, 0.15) is 5.75 Å². The second kappa shape index (κ2) is 3.88. The van der Waals surface area contributed by atoms with Crippen LogP contribution in [-0.2, 0) is 0 Å². The van der Waals surface area contributed by atoms with E-state index in [0.29, 0.717) is 0 Å². The summed E-state index contributed by atoms with van der Waals surface area (Å²) in [5.41, 5.74) is -4.77. The van der Waals surface area contributed by atoms with Crippen LogP contribution in [0.15, 0.2) is 24.3 Å². The molecular formula is C11H6F6O2. The van der Waals surface area contributed by atoms with Crippen LogP contribution < -0.4 is 4.74 Å². The first-order valence-corrected chi connectivity index (χ1v) is 5.03. The Morgan fingerprint density at radius 2 is 1.53 bits per heavy atom. The van der Waals surface area contributed by atoms with Crippen molar-refractivity contribution in [3.63, 3.8) is 0 Å². The van der Waals surface area contributed by atoms with E-state index >= 15 is 0 Å². The second-order valence-electron chi connectivity index (χ2n) is 4.02. The number of para-hydroxylation sites is 1. The number of hydrogen-bond donors (Lipinski definition) is 0. The quantitative estimate of drug-likeness (QED) is 0.681. The minimum atomic E-state index is -5.74. The Morgan fingerprint density at radius 1 is 1.00 bits per heavy atom. The molecule has 8 heteroatoms. The zero-order chi connectivity index (χ0) is 14.5. The zero-order valence-electron chi connectivity index (χ0n) is 9.10. The molecule has 0 fully saturated rings. The van der Waals surface area contributed by atoms with Crippen molar-refractivity contribution in [1.82, 2.24) is 0 Å². The molecule has 1 aliphatic rings. The van der Waals surface area contributed by atoms with E-state index < -0.39 is 35.9 Å². The number of alkyl halides is 6. The molecule has 0 radical (unpaired) electrons. The molecule has 1 aromatic rings. The molecule has 0 spiro atoms. The Hall–Kier alpha value is -1.73. The molecule has 0 bridgehead atoms. The van der Waals surface area contributed by atoms with Crippen molar-refractivity contribution in [3.8, 4) is 5.75 Å². The maximum Gasteiger partial charge on any atom is 0.437 e. The summed E-state index contributed by atoms with van der Waals surface area (Å²) in [6.07, 6.45) is -13.3. The summed E-state index contributed by atoms with van der Waals surface area (Å²) in [5.74, 6) is -1.97.